The Morgan fingerprint density at radius 3 is 2.66 bits per heavy atom. The minimum Gasteiger partial charge on any atom is -0.317 e. The van der Waals surface area contributed by atoms with Crippen LogP contribution in [-0.4, -0.2) is 27.0 Å². The predicted octanol–water partition coefficient (Wildman–Crippen LogP) is 3.99. The van der Waals surface area contributed by atoms with Crippen LogP contribution in [-0.2, 0) is 13.6 Å². The Labute approximate surface area is 184 Å². The lowest BCUT2D eigenvalue weighted by atomic mass is 9.96. The second kappa shape index (κ2) is 7.60. The monoisotopic (exact) mass is 419 g/mol. The van der Waals surface area contributed by atoms with E-state index in [1.807, 2.05) is 43.4 Å². The molecule has 4 aromatic rings. The fraction of sp³-hybridized carbons (Fsp3) is 0.0800. The van der Waals surface area contributed by atoms with E-state index in [9.17, 15) is 14.9 Å². The third-order valence-electron chi connectivity index (χ3n) is 5.64. The normalized spacial score (nSPS) is 12.5. The molecule has 0 saturated carbocycles. The van der Waals surface area contributed by atoms with Crippen molar-refractivity contribution in [2.45, 2.75) is 6.54 Å². The number of aldehydes is 1. The molecule has 154 valence electrons. The van der Waals surface area contributed by atoms with E-state index in [-0.39, 0.29) is 5.91 Å². The number of amides is 1. The number of carbonyl (C=O) groups excluding carboxylic acids is 2. The van der Waals surface area contributed by atoms with E-state index < -0.39 is 0 Å². The van der Waals surface area contributed by atoms with Gasteiger partial charge in [0.25, 0.3) is 5.91 Å². The second-order valence-corrected chi connectivity index (χ2v) is 7.61. The lowest BCUT2D eigenvalue weighted by Gasteiger charge is -2.18. The van der Waals surface area contributed by atoms with Gasteiger partial charge in [-0.05, 0) is 47.0 Å². The van der Waals surface area contributed by atoms with Gasteiger partial charge >= 0.3 is 0 Å². The highest BCUT2D eigenvalue weighted by Crippen LogP contribution is 2.35. The fourth-order valence-electron chi connectivity index (χ4n) is 4.02. The molecule has 0 saturated heterocycles. The summed E-state index contributed by atoms with van der Waals surface area (Å²) in [5.74, 6) is 0.516. The maximum absolute atomic E-state index is 13.0. The van der Waals surface area contributed by atoms with E-state index in [1.54, 1.807) is 40.1 Å². The minimum atomic E-state index is -0.130. The van der Waals surface area contributed by atoms with E-state index >= 15 is 0 Å². The zero-order valence-corrected chi connectivity index (χ0v) is 17.2. The van der Waals surface area contributed by atoms with Crippen molar-refractivity contribution in [3.8, 4) is 28.6 Å². The summed E-state index contributed by atoms with van der Waals surface area (Å²) in [5, 5.41) is 17.6. The molecule has 32 heavy (non-hydrogen) atoms. The summed E-state index contributed by atoms with van der Waals surface area (Å²) in [6.07, 6.45) is 2.36. The van der Waals surface area contributed by atoms with Gasteiger partial charge in [0, 0.05) is 29.4 Å². The summed E-state index contributed by atoms with van der Waals surface area (Å²) < 4.78 is 1.80. The van der Waals surface area contributed by atoms with Crippen LogP contribution in [0.15, 0.2) is 67.0 Å². The Kier molecular flexibility index (Phi) is 4.61. The SMILES string of the molecule is Cn1cnnc1-c1cc(C#N)ccc1-c1cccc(N2Cc3ccc(C=O)cc3C2=O)c1. The Bertz CT molecular complexity index is 1430. The van der Waals surface area contributed by atoms with Crippen LogP contribution in [0.3, 0.4) is 0 Å². The lowest BCUT2D eigenvalue weighted by molar-refractivity contribution is 0.0996. The van der Waals surface area contributed by atoms with Crippen LogP contribution in [0.5, 0.6) is 0 Å². The summed E-state index contributed by atoms with van der Waals surface area (Å²) in [7, 11) is 1.85. The minimum absolute atomic E-state index is 0.130. The number of benzene rings is 3. The molecule has 2 heterocycles. The maximum Gasteiger partial charge on any atom is 0.258 e. The van der Waals surface area contributed by atoms with Crippen molar-refractivity contribution in [2.75, 3.05) is 4.90 Å². The molecule has 3 aromatic carbocycles. The van der Waals surface area contributed by atoms with Gasteiger partial charge in [-0.25, -0.2) is 0 Å². The van der Waals surface area contributed by atoms with Crippen LogP contribution in [0, 0.1) is 11.3 Å². The molecule has 1 aromatic heterocycles. The number of nitriles is 1. The van der Waals surface area contributed by atoms with Gasteiger partial charge in [-0.3, -0.25) is 9.59 Å². The first-order valence-corrected chi connectivity index (χ1v) is 9.98. The topological polar surface area (TPSA) is 91.9 Å². The highest BCUT2D eigenvalue weighted by atomic mass is 16.2. The molecule has 0 fully saturated rings. The average Bonchev–Trinajstić information content (AvgIpc) is 3.41. The molecule has 7 heteroatoms. The number of fused-ring (bicyclic) bond motifs is 1. The van der Waals surface area contributed by atoms with E-state index in [2.05, 4.69) is 16.3 Å². The summed E-state index contributed by atoms with van der Waals surface area (Å²) in [4.78, 5) is 25.9. The molecule has 1 aliphatic rings. The quantitative estimate of drug-likeness (QED) is 0.466. The van der Waals surface area contributed by atoms with Crippen LogP contribution < -0.4 is 4.90 Å². The zero-order valence-electron chi connectivity index (χ0n) is 17.2. The zero-order chi connectivity index (χ0) is 22.2. The molecule has 0 spiro atoms. The molecule has 0 unspecified atom stereocenters. The Morgan fingerprint density at radius 2 is 1.91 bits per heavy atom. The molecule has 0 radical (unpaired) electrons. The fourth-order valence-corrected chi connectivity index (χ4v) is 4.02. The highest BCUT2D eigenvalue weighted by Gasteiger charge is 2.29. The first-order valence-electron chi connectivity index (χ1n) is 9.98. The van der Waals surface area contributed by atoms with Gasteiger partial charge in [-0.15, -0.1) is 10.2 Å². The largest absolute Gasteiger partial charge is 0.317 e. The van der Waals surface area contributed by atoms with Crippen LogP contribution in [0.25, 0.3) is 22.5 Å². The van der Waals surface area contributed by atoms with Crippen LogP contribution >= 0.6 is 0 Å². The van der Waals surface area contributed by atoms with Crippen molar-refractivity contribution in [1.29, 1.82) is 5.26 Å². The standard InChI is InChI=1S/C25H17N5O2/c1-29-15-27-28-24(29)23-9-16(12-26)6-8-21(23)18-3-2-4-20(11-18)30-13-19-7-5-17(14-31)10-22(19)25(30)32/h2-11,14-15H,13H2,1H3. The summed E-state index contributed by atoms with van der Waals surface area (Å²) in [6, 6.07) is 20.5. The predicted molar refractivity (Wildman–Crippen MR) is 119 cm³/mol. The number of rotatable bonds is 4. The highest BCUT2D eigenvalue weighted by molar-refractivity contribution is 6.11. The van der Waals surface area contributed by atoms with E-state index in [1.165, 1.54) is 0 Å². The lowest BCUT2D eigenvalue weighted by Crippen LogP contribution is -2.22. The number of carbonyl (C=O) groups is 2. The molecule has 1 amide bonds. The smallest absolute Gasteiger partial charge is 0.258 e. The number of anilines is 1. The first-order chi connectivity index (χ1) is 15.6. The Hall–Kier alpha value is -4.57. The van der Waals surface area contributed by atoms with Gasteiger partial charge < -0.3 is 9.47 Å². The third-order valence-corrected chi connectivity index (χ3v) is 5.64. The molecule has 5 rings (SSSR count). The van der Waals surface area contributed by atoms with Gasteiger partial charge in [-0.1, -0.05) is 30.3 Å². The molecule has 0 aliphatic carbocycles. The number of hydrogen-bond donors (Lipinski definition) is 0. The van der Waals surface area contributed by atoms with Crippen molar-refractivity contribution in [2.24, 2.45) is 7.05 Å². The molecule has 0 bridgehead atoms. The summed E-state index contributed by atoms with van der Waals surface area (Å²) >= 11 is 0. The van der Waals surface area contributed by atoms with E-state index in [4.69, 9.17) is 0 Å². The van der Waals surface area contributed by atoms with Gasteiger partial charge in [0.15, 0.2) is 5.82 Å². The maximum atomic E-state index is 13.0. The van der Waals surface area contributed by atoms with Crippen molar-refractivity contribution in [3.63, 3.8) is 0 Å². The molecule has 0 N–H and O–H groups in total. The van der Waals surface area contributed by atoms with Crippen LogP contribution in [0.2, 0.25) is 0 Å². The summed E-state index contributed by atoms with van der Waals surface area (Å²) in [5.41, 5.74) is 5.77. The van der Waals surface area contributed by atoms with Crippen molar-refractivity contribution in [1.82, 2.24) is 14.8 Å². The van der Waals surface area contributed by atoms with Gasteiger partial charge in [0.05, 0.1) is 18.2 Å². The van der Waals surface area contributed by atoms with E-state index in [0.29, 0.717) is 29.1 Å². The van der Waals surface area contributed by atoms with Gasteiger partial charge in [-0.2, -0.15) is 5.26 Å². The van der Waals surface area contributed by atoms with Crippen LogP contribution in [0.4, 0.5) is 5.69 Å². The molecule has 7 nitrogen and oxygen atoms in total. The number of hydrogen-bond acceptors (Lipinski definition) is 5. The van der Waals surface area contributed by atoms with Gasteiger partial charge in [0.1, 0.15) is 12.6 Å². The number of nitrogens with zero attached hydrogens (tertiary/aromatic N) is 5. The second-order valence-electron chi connectivity index (χ2n) is 7.61. The number of aromatic nitrogens is 3. The molecule has 0 atom stereocenters. The first kappa shape index (κ1) is 19.4. The van der Waals surface area contributed by atoms with E-state index in [0.717, 1.165) is 34.2 Å². The average molecular weight is 419 g/mol. The number of aryl methyl sites for hydroxylation is 1. The van der Waals surface area contributed by atoms with Crippen molar-refractivity contribution >= 4 is 17.9 Å². The van der Waals surface area contributed by atoms with Crippen molar-refractivity contribution in [3.05, 3.63) is 89.2 Å². The van der Waals surface area contributed by atoms with Gasteiger partial charge in [0.2, 0.25) is 0 Å². The molecular formula is C25H17N5O2. The molecular weight excluding hydrogens is 402 g/mol. The Morgan fingerprint density at radius 1 is 1.03 bits per heavy atom. The molecule has 1 aliphatic heterocycles. The van der Waals surface area contributed by atoms with Crippen LogP contribution in [0.1, 0.15) is 31.8 Å². The van der Waals surface area contributed by atoms with Crippen molar-refractivity contribution < 1.29 is 9.59 Å². The third kappa shape index (κ3) is 3.15. The Balaban J connectivity index is 1.58. The summed E-state index contributed by atoms with van der Waals surface area (Å²) in [6.45, 7) is 0.445.